The number of carbonyl (C=O) groups is 1. The Morgan fingerprint density at radius 3 is 2.76 bits per heavy atom. The molecule has 0 spiro atoms. The number of methoxy groups -OCH3 is 1. The van der Waals surface area contributed by atoms with E-state index in [1.807, 2.05) is 0 Å². The van der Waals surface area contributed by atoms with Crippen molar-refractivity contribution in [1.29, 1.82) is 0 Å². The predicted molar refractivity (Wildman–Crippen MR) is 91.8 cm³/mol. The average molecular weight is 343 g/mol. The lowest BCUT2D eigenvalue weighted by Gasteiger charge is -2.14. The molecule has 5 nitrogen and oxygen atoms in total. The van der Waals surface area contributed by atoms with Gasteiger partial charge in [0.05, 0.1) is 35.9 Å². The van der Waals surface area contributed by atoms with Crippen molar-refractivity contribution in [3.63, 3.8) is 0 Å². The maximum absolute atomic E-state index is 14.9. The molecule has 0 aliphatic rings. The van der Waals surface area contributed by atoms with Gasteiger partial charge in [0.2, 0.25) is 0 Å². The van der Waals surface area contributed by atoms with E-state index >= 15 is 0 Å². The van der Waals surface area contributed by atoms with Crippen molar-refractivity contribution in [1.82, 2.24) is 9.55 Å². The molecule has 25 heavy (non-hydrogen) atoms. The number of fused-ring (bicyclic) bond motifs is 1. The molecule has 0 saturated heterocycles. The summed E-state index contributed by atoms with van der Waals surface area (Å²) in [4.78, 5) is 16.1. The van der Waals surface area contributed by atoms with Crippen molar-refractivity contribution in [2.75, 3.05) is 12.4 Å². The summed E-state index contributed by atoms with van der Waals surface area (Å²) in [6, 6.07) is 5.77. The second-order valence-corrected chi connectivity index (χ2v) is 5.40. The maximum atomic E-state index is 14.9. The van der Waals surface area contributed by atoms with Crippen molar-refractivity contribution in [3.05, 3.63) is 59.9 Å². The number of aromatic nitrogens is 2. The van der Waals surface area contributed by atoms with E-state index in [1.54, 1.807) is 17.7 Å². The molecule has 0 saturated carbocycles. The van der Waals surface area contributed by atoms with Gasteiger partial charge in [0.1, 0.15) is 11.3 Å². The number of anilines is 2. The smallest absolute Gasteiger partial charge is 0.340 e. The van der Waals surface area contributed by atoms with Crippen LogP contribution in [0.2, 0.25) is 0 Å². The Morgan fingerprint density at radius 1 is 1.36 bits per heavy atom. The van der Waals surface area contributed by atoms with Crippen LogP contribution < -0.4 is 5.32 Å². The van der Waals surface area contributed by atoms with Crippen LogP contribution in [-0.2, 0) is 11.8 Å². The number of esters is 1. The molecule has 0 radical (unpaired) electrons. The fourth-order valence-corrected chi connectivity index (χ4v) is 2.51. The first-order valence-electron chi connectivity index (χ1n) is 7.37. The van der Waals surface area contributed by atoms with E-state index in [1.165, 1.54) is 37.7 Å². The van der Waals surface area contributed by atoms with Crippen LogP contribution in [0.5, 0.6) is 0 Å². The highest BCUT2D eigenvalue weighted by atomic mass is 19.1. The molecule has 0 bridgehead atoms. The van der Waals surface area contributed by atoms with Gasteiger partial charge in [-0.25, -0.2) is 18.6 Å². The van der Waals surface area contributed by atoms with Gasteiger partial charge in [-0.15, -0.1) is 0 Å². The number of halogens is 2. The molecule has 3 rings (SSSR count). The topological polar surface area (TPSA) is 56.1 Å². The lowest BCUT2D eigenvalue weighted by atomic mass is 10.1. The molecule has 0 unspecified atom stereocenters. The van der Waals surface area contributed by atoms with Crippen molar-refractivity contribution in [3.8, 4) is 0 Å². The number of nitrogens with one attached hydrogen (secondary N) is 1. The number of hydrogen-bond acceptors (Lipinski definition) is 4. The summed E-state index contributed by atoms with van der Waals surface area (Å²) < 4.78 is 35.4. The lowest BCUT2D eigenvalue weighted by molar-refractivity contribution is 0.0601. The molecular formula is C18H15F2N3O2. The van der Waals surface area contributed by atoms with E-state index in [2.05, 4.69) is 16.9 Å². The number of rotatable bonds is 4. The van der Waals surface area contributed by atoms with Gasteiger partial charge in [-0.2, -0.15) is 0 Å². The second kappa shape index (κ2) is 6.35. The van der Waals surface area contributed by atoms with E-state index in [0.29, 0.717) is 11.1 Å². The molecule has 3 aromatic rings. The summed E-state index contributed by atoms with van der Waals surface area (Å²) in [6.07, 6.45) is 2.92. The quantitative estimate of drug-likeness (QED) is 0.727. The number of aryl methyl sites for hydroxylation is 1. The molecule has 1 aromatic heterocycles. The first-order chi connectivity index (χ1) is 12.0. The summed E-state index contributed by atoms with van der Waals surface area (Å²) in [7, 11) is 2.87. The number of benzene rings is 2. The minimum atomic E-state index is -0.759. The van der Waals surface area contributed by atoms with Crippen molar-refractivity contribution < 1.29 is 18.3 Å². The Hall–Kier alpha value is -3.22. The van der Waals surface area contributed by atoms with Crippen LogP contribution in [-0.4, -0.2) is 22.6 Å². The maximum Gasteiger partial charge on any atom is 0.340 e. The second-order valence-electron chi connectivity index (χ2n) is 5.40. The minimum absolute atomic E-state index is 0.0185. The van der Waals surface area contributed by atoms with Crippen molar-refractivity contribution in [2.24, 2.45) is 7.05 Å². The summed E-state index contributed by atoms with van der Waals surface area (Å²) >= 11 is 0. The number of imidazole rings is 1. The number of hydrogen-bond donors (Lipinski definition) is 1. The molecule has 0 atom stereocenters. The monoisotopic (exact) mass is 343 g/mol. The van der Waals surface area contributed by atoms with Gasteiger partial charge in [0.25, 0.3) is 0 Å². The van der Waals surface area contributed by atoms with Gasteiger partial charge in [0, 0.05) is 7.05 Å². The van der Waals surface area contributed by atoms with Gasteiger partial charge in [-0.3, -0.25) is 0 Å². The van der Waals surface area contributed by atoms with Gasteiger partial charge >= 0.3 is 5.97 Å². The molecule has 128 valence electrons. The Bertz CT molecular complexity index is 996. The zero-order chi connectivity index (χ0) is 18.1. The van der Waals surface area contributed by atoms with Crippen LogP contribution in [0.4, 0.5) is 20.2 Å². The Labute approximate surface area is 142 Å². The first-order valence-corrected chi connectivity index (χ1v) is 7.37. The summed E-state index contributed by atoms with van der Waals surface area (Å²) in [5.41, 5.74) is 0.847. The van der Waals surface area contributed by atoms with Gasteiger partial charge in [-0.05, 0) is 23.8 Å². The van der Waals surface area contributed by atoms with Crippen LogP contribution >= 0.6 is 0 Å². The van der Waals surface area contributed by atoms with E-state index in [0.717, 1.165) is 0 Å². The Balaban J connectivity index is 2.18. The summed E-state index contributed by atoms with van der Waals surface area (Å²) in [5.74, 6) is -2.10. The molecule has 1 N–H and O–H groups in total. The fraction of sp³-hybridized carbons (Fsp3) is 0.111. The highest BCUT2D eigenvalue weighted by molar-refractivity contribution is 6.01. The Kier molecular flexibility index (Phi) is 4.22. The highest BCUT2D eigenvalue weighted by Crippen LogP contribution is 2.32. The average Bonchev–Trinajstić information content (AvgIpc) is 2.99. The van der Waals surface area contributed by atoms with Gasteiger partial charge in [-0.1, -0.05) is 18.7 Å². The zero-order valence-electron chi connectivity index (χ0n) is 13.6. The number of ether oxygens (including phenoxy) is 1. The van der Waals surface area contributed by atoms with E-state index in [-0.39, 0.29) is 22.5 Å². The standard InChI is InChI=1S/C18H15F2N3O2/c1-4-10-5-6-13(12(19)7-10)22-16-11(18(24)25-3)8-14-17(15(16)20)21-9-23(14)2/h4-9,22H,1H2,2-3H3. The lowest BCUT2D eigenvalue weighted by Crippen LogP contribution is -2.09. The molecule has 0 fully saturated rings. The molecule has 0 aliphatic heterocycles. The zero-order valence-corrected chi connectivity index (χ0v) is 13.6. The van der Waals surface area contributed by atoms with Crippen LogP contribution in [0.25, 0.3) is 17.1 Å². The van der Waals surface area contributed by atoms with E-state index in [4.69, 9.17) is 4.74 Å². The minimum Gasteiger partial charge on any atom is -0.465 e. The molecule has 2 aromatic carbocycles. The number of nitrogens with zero attached hydrogens (tertiary/aromatic N) is 2. The van der Waals surface area contributed by atoms with Crippen LogP contribution in [0, 0.1) is 11.6 Å². The summed E-state index contributed by atoms with van der Waals surface area (Å²) in [5, 5.41) is 2.64. The third kappa shape index (κ3) is 2.84. The van der Waals surface area contributed by atoms with Gasteiger partial charge in [0.15, 0.2) is 5.82 Å². The third-order valence-corrected chi connectivity index (χ3v) is 3.85. The van der Waals surface area contributed by atoms with Crippen molar-refractivity contribution >= 4 is 34.5 Å². The molecular weight excluding hydrogens is 328 g/mol. The molecule has 0 amide bonds. The fourth-order valence-electron chi connectivity index (χ4n) is 2.51. The molecule has 1 heterocycles. The summed E-state index contributed by atoms with van der Waals surface area (Å²) in [6.45, 7) is 3.57. The van der Waals surface area contributed by atoms with Crippen LogP contribution in [0.1, 0.15) is 15.9 Å². The third-order valence-electron chi connectivity index (χ3n) is 3.85. The SMILES string of the molecule is C=Cc1ccc(Nc2c(C(=O)OC)cc3c(ncn3C)c2F)c(F)c1. The molecule has 0 aliphatic carbocycles. The predicted octanol–water partition coefficient (Wildman–Crippen LogP) is 4.02. The van der Waals surface area contributed by atoms with Gasteiger partial charge < -0.3 is 14.6 Å². The van der Waals surface area contributed by atoms with E-state index in [9.17, 15) is 13.6 Å². The Morgan fingerprint density at radius 2 is 2.12 bits per heavy atom. The molecule has 7 heteroatoms. The van der Waals surface area contributed by atoms with Crippen molar-refractivity contribution in [2.45, 2.75) is 0 Å². The normalized spacial score (nSPS) is 10.7. The largest absolute Gasteiger partial charge is 0.465 e. The van der Waals surface area contributed by atoms with E-state index < -0.39 is 17.6 Å². The van der Waals surface area contributed by atoms with Crippen LogP contribution in [0.3, 0.4) is 0 Å². The van der Waals surface area contributed by atoms with Crippen LogP contribution in [0.15, 0.2) is 37.2 Å². The highest BCUT2D eigenvalue weighted by Gasteiger charge is 2.22. The number of carbonyl (C=O) groups excluding carboxylic acids is 1. The first kappa shape index (κ1) is 16.6.